The van der Waals surface area contributed by atoms with Gasteiger partial charge in [-0.3, -0.25) is 14.2 Å². The number of hydrogen-bond donors (Lipinski definition) is 1. The van der Waals surface area contributed by atoms with E-state index in [0.29, 0.717) is 19.4 Å². The van der Waals surface area contributed by atoms with Gasteiger partial charge in [-0.05, 0) is 16.8 Å². The quantitative estimate of drug-likeness (QED) is 0.411. The first-order chi connectivity index (χ1) is 17.8. The molecule has 3 aromatic carbocycles. The Morgan fingerprint density at radius 3 is 2.51 bits per heavy atom. The third kappa shape index (κ3) is 5.70. The van der Waals surface area contributed by atoms with Gasteiger partial charge in [-0.1, -0.05) is 60.7 Å². The summed E-state index contributed by atoms with van der Waals surface area (Å²) in [6.45, 7) is 5.82. The van der Waals surface area contributed by atoms with Gasteiger partial charge in [-0.15, -0.1) is 0 Å². The van der Waals surface area contributed by atoms with E-state index in [1.807, 2.05) is 42.5 Å². The number of allylic oxidation sites excluding steroid dienone is 1. The molecule has 3 aliphatic heterocycles. The Morgan fingerprint density at radius 1 is 1.03 bits per heavy atom. The van der Waals surface area contributed by atoms with E-state index in [1.165, 1.54) is 0 Å². The van der Waals surface area contributed by atoms with Gasteiger partial charge >= 0.3 is 0 Å². The fourth-order valence-electron chi connectivity index (χ4n) is 5.17. The lowest BCUT2D eigenvalue weighted by Crippen LogP contribution is -2.52. The minimum Gasteiger partial charge on any atom is -0.489 e. The zero-order valence-corrected chi connectivity index (χ0v) is 21.5. The number of fused-ring (bicyclic) bond motifs is 1. The Bertz CT molecular complexity index is 1430. The maximum Gasteiger partial charge on any atom is 0.261 e. The second-order valence-corrected chi connectivity index (χ2v) is 10.9. The topological polar surface area (TPSA) is 96.4 Å². The lowest BCUT2D eigenvalue weighted by molar-refractivity contribution is 0.0319. The van der Waals surface area contributed by atoms with Crippen LogP contribution < -0.4 is 9.64 Å². The van der Waals surface area contributed by atoms with Crippen LogP contribution in [-0.4, -0.2) is 82.0 Å². The maximum absolute atomic E-state index is 13.7. The smallest absolute Gasteiger partial charge is 0.261 e. The molecule has 0 amide bonds. The summed E-state index contributed by atoms with van der Waals surface area (Å²) in [5.41, 5.74) is 3.55. The Hall–Kier alpha value is -3.24. The lowest BCUT2D eigenvalue weighted by atomic mass is 9.89. The standard InChI is InChI=1S/C27H26N2O3.CH4O3S/c30-27(23-9-3-6-19-5-1-2-7-21(19)23)24-11-12-29-20(17-28-13-15-31-16-14-28)18-32-25-10-4-8-22(24)26(25)29;1-5(2,3)4/h1-11,20H,12-18H2;1H3,(H,2,3,4)/t20-;/m1./s1. The number of carbonyl (C=O) groups is 1. The van der Waals surface area contributed by atoms with E-state index in [-0.39, 0.29) is 11.8 Å². The van der Waals surface area contributed by atoms with Crippen molar-refractivity contribution in [2.45, 2.75) is 6.04 Å². The average molecular weight is 523 g/mol. The van der Waals surface area contributed by atoms with E-state index >= 15 is 0 Å². The van der Waals surface area contributed by atoms with Gasteiger partial charge in [0.05, 0.1) is 31.2 Å². The number of ketones is 1. The molecule has 3 aromatic rings. The minimum atomic E-state index is -3.67. The highest BCUT2D eigenvalue weighted by atomic mass is 32.2. The molecule has 0 spiro atoms. The number of hydrogen-bond acceptors (Lipinski definition) is 7. The number of nitrogens with zero attached hydrogens (tertiary/aromatic N) is 2. The van der Waals surface area contributed by atoms with E-state index in [1.54, 1.807) is 0 Å². The molecule has 1 fully saturated rings. The fourth-order valence-corrected chi connectivity index (χ4v) is 5.17. The van der Waals surface area contributed by atoms with E-state index in [9.17, 15) is 13.2 Å². The summed E-state index contributed by atoms with van der Waals surface area (Å²) in [7, 11) is -3.67. The van der Waals surface area contributed by atoms with Crippen molar-refractivity contribution in [2.75, 3.05) is 57.2 Å². The molecule has 0 radical (unpaired) electrons. The molecule has 0 bridgehead atoms. The van der Waals surface area contributed by atoms with Crippen LogP contribution in [0.3, 0.4) is 0 Å². The fraction of sp³-hybridized carbons (Fsp3) is 0.321. The number of carbonyl (C=O) groups excluding carboxylic acids is 1. The second-order valence-electron chi connectivity index (χ2n) is 9.39. The molecule has 3 aliphatic rings. The molecule has 0 aromatic heterocycles. The molecule has 0 saturated carbocycles. The molecule has 0 aliphatic carbocycles. The van der Waals surface area contributed by atoms with Crippen molar-refractivity contribution in [1.82, 2.24) is 4.90 Å². The van der Waals surface area contributed by atoms with Gasteiger partial charge in [0.1, 0.15) is 12.4 Å². The van der Waals surface area contributed by atoms with Gasteiger partial charge in [-0.25, -0.2) is 0 Å². The molecule has 1 atom stereocenters. The molecule has 3 heterocycles. The molecule has 1 N–H and O–H groups in total. The Morgan fingerprint density at radius 2 is 1.73 bits per heavy atom. The molecule has 8 nitrogen and oxygen atoms in total. The number of para-hydroxylation sites is 1. The summed E-state index contributed by atoms with van der Waals surface area (Å²) in [6.07, 6.45) is 2.82. The van der Waals surface area contributed by atoms with Crippen molar-refractivity contribution in [3.8, 4) is 5.75 Å². The number of ether oxygens (including phenoxy) is 2. The van der Waals surface area contributed by atoms with E-state index in [2.05, 4.69) is 34.1 Å². The number of rotatable bonds is 4. The highest BCUT2D eigenvalue weighted by molar-refractivity contribution is 7.85. The van der Waals surface area contributed by atoms with Gasteiger partial charge in [0, 0.05) is 42.9 Å². The van der Waals surface area contributed by atoms with Crippen molar-refractivity contribution in [3.63, 3.8) is 0 Å². The van der Waals surface area contributed by atoms with Gasteiger partial charge in [0.2, 0.25) is 0 Å². The largest absolute Gasteiger partial charge is 0.489 e. The SMILES string of the molecule is CS(=O)(=O)O.O=C(C1=CCN2c3c(cccc31)OC[C@H]2CN1CCOCC1)c1cccc2ccccc12. The van der Waals surface area contributed by atoms with Crippen molar-refractivity contribution in [2.24, 2.45) is 0 Å². The van der Waals surface area contributed by atoms with Crippen LogP contribution in [-0.2, 0) is 14.9 Å². The number of morpholine rings is 1. The van der Waals surface area contributed by atoms with Gasteiger partial charge in [0.15, 0.2) is 5.78 Å². The predicted octanol–water partition coefficient (Wildman–Crippen LogP) is 3.52. The molecular formula is C28H30N2O6S. The van der Waals surface area contributed by atoms with Crippen LogP contribution in [0, 0.1) is 0 Å². The van der Waals surface area contributed by atoms with E-state index in [0.717, 1.165) is 71.8 Å². The van der Waals surface area contributed by atoms with Crippen LogP contribution in [0.4, 0.5) is 5.69 Å². The first kappa shape index (κ1) is 25.4. The van der Waals surface area contributed by atoms with Crippen LogP contribution in [0.1, 0.15) is 15.9 Å². The highest BCUT2D eigenvalue weighted by Crippen LogP contribution is 2.44. The van der Waals surface area contributed by atoms with Crippen molar-refractivity contribution in [3.05, 3.63) is 77.9 Å². The van der Waals surface area contributed by atoms with Gasteiger partial charge in [0.25, 0.3) is 10.1 Å². The number of anilines is 1. The van der Waals surface area contributed by atoms with E-state index in [4.69, 9.17) is 14.0 Å². The maximum atomic E-state index is 13.7. The molecule has 9 heteroatoms. The van der Waals surface area contributed by atoms with Gasteiger partial charge in [-0.2, -0.15) is 8.42 Å². The molecule has 6 rings (SSSR count). The summed E-state index contributed by atoms with van der Waals surface area (Å²) in [4.78, 5) is 18.6. The number of benzene rings is 3. The monoisotopic (exact) mass is 522 g/mol. The van der Waals surface area contributed by atoms with Crippen molar-refractivity contribution >= 4 is 37.9 Å². The highest BCUT2D eigenvalue weighted by Gasteiger charge is 2.35. The van der Waals surface area contributed by atoms with E-state index < -0.39 is 10.1 Å². The van der Waals surface area contributed by atoms with Crippen LogP contribution in [0.2, 0.25) is 0 Å². The van der Waals surface area contributed by atoms with Crippen molar-refractivity contribution in [1.29, 1.82) is 0 Å². The third-order valence-electron chi connectivity index (χ3n) is 6.79. The van der Waals surface area contributed by atoms with Gasteiger partial charge < -0.3 is 14.4 Å². The summed E-state index contributed by atoms with van der Waals surface area (Å²) in [5.74, 6) is 0.946. The molecule has 194 valence electrons. The number of Topliss-reactive ketones (excluding diaryl/α,β-unsaturated/α-hetero) is 1. The molecule has 0 unspecified atom stereocenters. The minimum absolute atomic E-state index is 0.0742. The lowest BCUT2D eigenvalue weighted by Gasteiger charge is -2.43. The summed E-state index contributed by atoms with van der Waals surface area (Å²) in [5, 5.41) is 2.08. The van der Waals surface area contributed by atoms with Crippen LogP contribution in [0.5, 0.6) is 5.75 Å². The second kappa shape index (κ2) is 10.6. The average Bonchev–Trinajstić information content (AvgIpc) is 2.89. The summed E-state index contributed by atoms with van der Waals surface area (Å²) < 4.78 is 37.6. The first-order valence-corrected chi connectivity index (χ1v) is 14.1. The third-order valence-corrected chi connectivity index (χ3v) is 6.79. The normalized spacial score (nSPS) is 19.2. The van der Waals surface area contributed by atoms with Crippen molar-refractivity contribution < 1.29 is 27.2 Å². The predicted molar refractivity (Wildman–Crippen MR) is 144 cm³/mol. The summed E-state index contributed by atoms with van der Waals surface area (Å²) in [6, 6.07) is 20.4. The van der Waals surface area contributed by atoms with Crippen LogP contribution >= 0.6 is 0 Å². The molecular weight excluding hydrogens is 492 g/mol. The zero-order valence-electron chi connectivity index (χ0n) is 20.7. The Labute approximate surface area is 216 Å². The molecule has 37 heavy (non-hydrogen) atoms. The Balaban J connectivity index is 0.000000514. The first-order valence-electron chi connectivity index (χ1n) is 12.3. The Kier molecular flexibility index (Phi) is 7.30. The summed E-state index contributed by atoms with van der Waals surface area (Å²) >= 11 is 0. The van der Waals surface area contributed by atoms with Crippen LogP contribution in [0.25, 0.3) is 16.3 Å². The van der Waals surface area contributed by atoms with Crippen LogP contribution in [0.15, 0.2) is 66.7 Å². The molecule has 1 saturated heterocycles. The zero-order chi connectivity index (χ0) is 26.0.